The van der Waals surface area contributed by atoms with Gasteiger partial charge in [0.25, 0.3) is 5.91 Å². The summed E-state index contributed by atoms with van der Waals surface area (Å²) < 4.78 is 1.40. The number of nitrogen functional groups attached to an aromatic ring is 1. The fourth-order valence-electron chi connectivity index (χ4n) is 1.99. The molecule has 0 radical (unpaired) electrons. The van der Waals surface area contributed by atoms with Crippen molar-refractivity contribution in [3.63, 3.8) is 0 Å². The van der Waals surface area contributed by atoms with Gasteiger partial charge in [-0.25, -0.2) is 0 Å². The monoisotopic (exact) mass is 286 g/mol. The molecule has 6 heteroatoms. The highest BCUT2D eigenvalue weighted by atomic mass is 16.1. The van der Waals surface area contributed by atoms with Crippen molar-refractivity contribution in [3.8, 4) is 0 Å². The largest absolute Gasteiger partial charge is 0.399 e. The maximum atomic E-state index is 12.4. The van der Waals surface area contributed by atoms with E-state index in [4.69, 9.17) is 5.73 Å². The number of anilines is 3. The van der Waals surface area contributed by atoms with Crippen molar-refractivity contribution >= 4 is 23.0 Å². The van der Waals surface area contributed by atoms with Gasteiger partial charge in [-0.05, 0) is 24.3 Å². The van der Waals surface area contributed by atoms with Crippen LogP contribution in [0.5, 0.6) is 0 Å². The van der Waals surface area contributed by atoms with Gasteiger partial charge in [-0.2, -0.15) is 0 Å². The van der Waals surface area contributed by atoms with E-state index >= 15 is 0 Å². The molecule has 0 saturated heterocycles. The molecule has 21 heavy (non-hydrogen) atoms. The number of hydrogen-bond donors (Lipinski definition) is 2. The molecule has 0 atom stereocenters. The zero-order chi connectivity index (χ0) is 15.6. The summed E-state index contributed by atoms with van der Waals surface area (Å²) >= 11 is 0. The minimum absolute atomic E-state index is 0.133. The third-order valence-corrected chi connectivity index (χ3v) is 3.09. The molecule has 0 spiro atoms. The highest BCUT2D eigenvalue weighted by Crippen LogP contribution is 2.22. The number of pyridine rings is 1. The first-order valence-corrected chi connectivity index (χ1v) is 6.43. The van der Waals surface area contributed by atoms with Crippen LogP contribution >= 0.6 is 0 Å². The molecule has 0 fully saturated rings. The number of nitrogens with one attached hydrogen (secondary N) is 1. The second-order valence-corrected chi connectivity index (χ2v) is 4.99. The van der Waals surface area contributed by atoms with Crippen molar-refractivity contribution in [2.75, 3.05) is 30.0 Å². The van der Waals surface area contributed by atoms with E-state index in [0.717, 1.165) is 5.69 Å². The van der Waals surface area contributed by atoms with Crippen molar-refractivity contribution in [2.24, 2.45) is 7.05 Å². The highest BCUT2D eigenvalue weighted by molar-refractivity contribution is 6.08. The number of nitrogens with zero attached hydrogens (tertiary/aromatic N) is 2. The average molecular weight is 286 g/mol. The molecular formula is C15H18N4O2. The number of carbonyl (C=O) groups excluding carboxylic acids is 1. The van der Waals surface area contributed by atoms with Crippen LogP contribution in [0.15, 0.2) is 41.3 Å². The Morgan fingerprint density at radius 3 is 2.57 bits per heavy atom. The Labute approximate surface area is 122 Å². The SMILES string of the molecule is CN(C)c1ccc(N)cc1C(=O)Nc1ccc(=O)n(C)c1. The Morgan fingerprint density at radius 2 is 1.95 bits per heavy atom. The van der Waals surface area contributed by atoms with Crippen LogP contribution in [-0.2, 0) is 7.05 Å². The van der Waals surface area contributed by atoms with Crippen LogP contribution in [0.3, 0.4) is 0 Å². The molecule has 0 aliphatic rings. The lowest BCUT2D eigenvalue weighted by atomic mass is 10.1. The Hall–Kier alpha value is -2.76. The summed E-state index contributed by atoms with van der Waals surface area (Å²) in [5.41, 5.74) is 7.95. The first-order chi connectivity index (χ1) is 9.88. The topological polar surface area (TPSA) is 80.4 Å². The lowest BCUT2D eigenvalue weighted by molar-refractivity contribution is 0.102. The maximum Gasteiger partial charge on any atom is 0.257 e. The van der Waals surface area contributed by atoms with Crippen LogP contribution < -0.4 is 21.5 Å². The molecule has 0 bridgehead atoms. The van der Waals surface area contributed by atoms with E-state index in [-0.39, 0.29) is 11.5 Å². The van der Waals surface area contributed by atoms with E-state index in [1.165, 1.54) is 10.6 Å². The van der Waals surface area contributed by atoms with E-state index in [1.54, 1.807) is 37.5 Å². The molecule has 6 nitrogen and oxygen atoms in total. The molecule has 1 aromatic carbocycles. The Balaban J connectivity index is 2.33. The van der Waals surface area contributed by atoms with E-state index in [0.29, 0.717) is 16.9 Å². The quantitative estimate of drug-likeness (QED) is 0.833. The van der Waals surface area contributed by atoms with Crippen LogP contribution in [0, 0.1) is 0 Å². The molecule has 0 aliphatic heterocycles. The molecule has 0 saturated carbocycles. The molecule has 2 aromatic rings. The summed E-state index contributed by atoms with van der Waals surface area (Å²) in [6, 6.07) is 8.15. The lowest BCUT2D eigenvalue weighted by Crippen LogP contribution is -2.20. The second kappa shape index (κ2) is 5.70. The van der Waals surface area contributed by atoms with Gasteiger partial charge >= 0.3 is 0 Å². The minimum atomic E-state index is -0.273. The summed E-state index contributed by atoms with van der Waals surface area (Å²) in [4.78, 5) is 25.6. The van der Waals surface area contributed by atoms with Crippen LogP contribution in [0.25, 0.3) is 0 Å². The predicted octanol–water partition coefficient (Wildman–Crippen LogP) is 1.29. The summed E-state index contributed by atoms with van der Waals surface area (Å²) in [5.74, 6) is -0.273. The summed E-state index contributed by atoms with van der Waals surface area (Å²) in [7, 11) is 5.34. The minimum Gasteiger partial charge on any atom is -0.399 e. The third-order valence-electron chi connectivity index (χ3n) is 3.09. The molecule has 1 amide bonds. The van der Waals surface area contributed by atoms with Crippen molar-refractivity contribution < 1.29 is 4.79 Å². The van der Waals surface area contributed by atoms with Gasteiger partial charge in [0.2, 0.25) is 5.56 Å². The zero-order valence-corrected chi connectivity index (χ0v) is 12.3. The van der Waals surface area contributed by atoms with Gasteiger partial charge in [0.15, 0.2) is 0 Å². The normalized spacial score (nSPS) is 10.2. The number of aromatic nitrogens is 1. The summed E-state index contributed by atoms with van der Waals surface area (Å²) in [6.07, 6.45) is 1.57. The van der Waals surface area contributed by atoms with Gasteiger partial charge in [-0.15, -0.1) is 0 Å². The third kappa shape index (κ3) is 3.22. The number of rotatable bonds is 3. The number of amides is 1. The van der Waals surface area contributed by atoms with Crippen LogP contribution in [0.2, 0.25) is 0 Å². The molecule has 2 rings (SSSR count). The number of aryl methyl sites for hydroxylation is 1. The van der Waals surface area contributed by atoms with Gasteiger partial charge in [0.05, 0.1) is 11.3 Å². The van der Waals surface area contributed by atoms with Crippen molar-refractivity contribution in [1.82, 2.24) is 4.57 Å². The Bertz CT molecular complexity index is 735. The van der Waals surface area contributed by atoms with Crippen LogP contribution in [0.4, 0.5) is 17.1 Å². The van der Waals surface area contributed by atoms with E-state index < -0.39 is 0 Å². The number of carbonyl (C=O) groups is 1. The molecule has 1 aromatic heterocycles. The molecule has 0 aliphatic carbocycles. The van der Waals surface area contributed by atoms with Gasteiger partial charge in [-0.1, -0.05) is 0 Å². The van der Waals surface area contributed by atoms with Gasteiger partial charge in [0, 0.05) is 44.8 Å². The molecule has 0 unspecified atom stereocenters. The molecule has 1 heterocycles. The zero-order valence-electron chi connectivity index (χ0n) is 12.3. The fraction of sp³-hybridized carbons (Fsp3) is 0.200. The van der Waals surface area contributed by atoms with E-state index in [9.17, 15) is 9.59 Å². The van der Waals surface area contributed by atoms with Crippen LogP contribution in [0.1, 0.15) is 10.4 Å². The summed E-state index contributed by atoms with van der Waals surface area (Å²) in [5, 5.41) is 2.77. The van der Waals surface area contributed by atoms with E-state index in [2.05, 4.69) is 5.32 Å². The molecular weight excluding hydrogens is 268 g/mol. The highest BCUT2D eigenvalue weighted by Gasteiger charge is 2.14. The predicted molar refractivity (Wildman–Crippen MR) is 84.8 cm³/mol. The van der Waals surface area contributed by atoms with Gasteiger partial charge in [0.1, 0.15) is 0 Å². The Morgan fingerprint density at radius 1 is 1.24 bits per heavy atom. The number of hydrogen-bond acceptors (Lipinski definition) is 4. The second-order valence-electron chi connectivity index (χ2n) is 4.99. The molecule has 110 valence electrons. The van der Waals surface area contributed by atoms with E-state index in [1.807, 2.05) is 19.0 Å². The van der Waals surface area contributed by atoms with Crippen LogP contribution in [-0.4, -0.2) is 24.6 Å². The lowest BCUT2D eigenvalue weighted by Gasteiger charge is -2.17. The first-order valence-electron chi connectivity index (χ1n) is 6.43. The first kappa shape index (κ1) is 14.6. The van der Waals surface area contributed by atoms with Crippen molar-refractivity contribution in [3.05, 3.63) is 52.4 Å². The van der Waals surface area contributed by atoms with Crippen molar-refractivity contribution in [2.45, 2.75) is 0 Å². The Kier molecular flexibility index (Phi) is 3.98. The maximum absolute atomic E-state index is 12.4. The summed E-state index contributed by atoms with van der Waals surface area (Å²) in [6.45, 7) is 0. The average Bonchev–Trinajstić information content (AvgIpc) is 2.42. The fourth-order valence-corrected chi connectivity index (χ4v) is 1.99. The number of benzene rings is 1. The smallest absolute Gasteiger partial charge is 0.257 e. The van der Waals surface area contributed by atoms with Gasteiger partial charge in [-0.3, -0.25) is 9.59 Å². The van der Waals surface area contributed by atoms with Crippen molar-refractivity contribution in [1.29, 1.82) is 0 Å². The number of nitrogens with two attached hydrogens (primary N) is 1. The van der Waals surface area contributed by atoms with Gasteiger partial charge < -0.3 is 20.5 Å². The standard InChI is InChI=1S/C15H18N4O2/c1-18(2)13-6-4-10(16)8-12(13)15(21)17-11-5-7-14(20)19(3)9-11/h4-9H,16H2,1-3H3,(H,17,21). The molecule has 3 N–H and O–H groups in total.